The average Bonchev–Trinajstić information content (AvgIpc) is 2.55. The van der Waals surface area contributed by atoms with E-state index in [1.54, 1.807) is 0 Å². The molecule has 0 heterocycles. The fourth-order valence-corrected chi connectivity index (χ4v) is 2.67. The first-order chi connectivity index (χ1) is 10.4. The fourth-order valence-electron chi connectivity index (χ4n) is 2.67. The number of anilines is 2. The SMILES string of the molecule is CCCCc1ccccc1N(CCCC)c1ccccc1. The molecule has 0 N–H and O–H groups in total. The third kappa shape index (κ3) is 4.35. The smallest absolute Gasteiger partial charge is 0.0443 e. The van der Waals surface area contributed by atoms with E-state index in [0.29, 0.717) is 0 Å². The van der Waals surface area contributed by atoms with Gasteiger partial charge in [-0.05, 0) is 43.0 Å². The number of para-hydroxylation sites is 2. The lowest BCUT2D eigenvalue weighted by atomic mass is 10.0. The van der Waals surface area contributed by atoms with E-state index in [9.17, 15) is 0 Å². The van der Waals surface area contributed by atoms with Crippen molar-refractivity contribution in [3.05, 3.63) is 60.2 Å². The summed E-state index contributed by atoms with van der Waals surface area (Å²) in [5.74, 6) is 0. The van der Waals surface area contributed by atoms with Crippen LogP contribution in [0.25, 0.3) is 0 Å². The van der Waals surface area contributed by atoms with Crippen molar-refractivity contribution in [1.29, 1.82) is 0 Å². The van der Waals surface area contributed by atoms with E-state index < -0.39 is 0 Å². The molecule has 0 aliphatic heterocycles. The summed E-state index contributed by atoms with van der Waals surface area (Å²) in [6.45, 7) is 5.60. The second-order valence-corrected chi connectivity index (χ2v) is 5.57. The molecule has 0 radical (unpaired) electrons. The van der Waals surface area contributed by atoms with E-state index in [1.807, 2.05) is 0 Å². The van der Waals surface area contributed by atoms with Gasteiger partial charge in [-0.3, -0.25) is 0 Å². The van der Waals surface area contributed by atoms with E-state index in [0.717, 1.165) is 6.54 Å². The fraction of sp³-hybridized carbons (Fsp3) is 0.400. The van der Waals surface area contributed by atoms with Crippen molar-refractivity contribution in [2.24, 2.45) is 0 Å². The summed E-state index contributed by atoms with van der Waals surface area (Å²) >= 11 is 0. The topological polar surface area (TPSA) is 3.24 Å². The van der Waals surface area contributed by atoms with Gasteiger partial charge in [-0.25, -0.2) is 0 Å². The number of benzene rings is 2. The van der Waals surface area contributed by atoms with Crippen molar-refractivity contribution < 1.29 is 0 Å². The molecule has 0 unspecified atom stereocenters. The predicted octanol–water partition coefficient (Wildman–Crippen LogP) is 5.97. The summed E-state index contributed by atoms with van der Waals surface area (Å²) in [6, 6.07) is 19.7. The van der Waals surface area contributed by atoms with E-state index in [4.69, 9.17) is 0 Å². The van der Waals surface area contributed by atoms with Crippen LogP contribution in [0.5, 0.6) is 0 Å². The lowest BCUT2D eigenvalue weighted by Crippen LogP contribution is -2.19. The Kier molecular flexibility index (Phi) is 6.33. The monoisotopic (exact) mass is 281 g/mol. The number of rotatable bonds is 8. The molecule has 0 aliphatic rings. The largest absolute Gasteiger partial charge is 0.341 e. The zero-order valence-corrected chi connectivity index (χ0v) is 13.4. The Bertz CT molecular complexity index is 518. The minimum atomic E-state index is 1.09. The quantitative estimate of drug-likeness (QED) is 0.576. The van der Waals surface area contributed by atoms with E-state index in [-0.39, 0.29) is 0 Å². The molecule has 0 spiro atoms. The van der Waals surface area contributed by atoms with Crippen molar-refractivity contribution in [2.75, 3.05) is 11.4 Å². The van der Waals surface area contributed by atoms with Crippen LogP contribution >= 0.6 is 0 Å². The third-order valence-corrected chi connectivity index (χ3v) is 3.89. The van der Waals surface area contributed by atoms with Crippen LogP contribution in [-0.4, -0.2) is 6.54 Å². The number of hydrogen-bond acceptors (Lipinski definition) is 1. The highest BCUT2D eigenvalue weighted by Gasteiger charge is 2.12. The molecule has 1 nitrogen and oxygen atoms in total. The van der Waals surface area contributed by atoms with Gasteiger partial charge in [0.2, 0.25) is 0 Å². The highest BCUT2D eigenvalue weighted by molar-refractivity contribution is 5.66. The zero-order chi connectivity index (χ0) is 14.9. The average molecular weight is 281 g/mol. The van der Waals surface area contributed by atoms with Crippen LogP contribution < -0.4 is 4.90 Å². The molecule has 0 saturated heterocycles. The van der Waals surface area contributed by atoms with Crippen LogP contribution in [0, 0.1) is 0 Å². The van der Waals surface area contributed by atoms with Crippen molar-refractivity contribution in [2.45, 2.75) is 46.0 Å². The Hall–Kier alpha value is -1.76. The Morgan fingerprint density at radius 3 is 2.14 bits per heavy atom. The summed E-state index contributed by atoms with van der Waals surface area (Å²) in [7, 11) is 0. The molecule has 112 valence electrons. The highest BCUT2D eigenvalue weighted by atomic mass is 15.1. The van der Waals surface area contributed by atoms with Gasteiger partial charge in [-0.2, -0.15) is 0 Å². The molecular weight excluding hydrogens is 254 g/mol. The number of unbranched alkanes of at least 4 members (excludes halogenated alkanes) is 2. The second kappa shape index (κ2) is 8.51. The molecule has 0 fully saturated rings. The van der Waals surface area contributed by atoms with Gasteiger partial charge in [0.1, 0.15) is 0 Å². The lowest BCUT2D eigenvalue weighted by Gasteiger charge is -2.27. The molecule has 0 amide bonds. The molecule has 0 bridgehead atoms. The van der Waals surface area contributed by atoms with Crippen molar-refractivity contribution in [3.8, 4) is 0 Å². The van der Waals surface area contributed by atoms with Crippen molar-refractivity contribution in [1.82, 2.24) is 0 Å². The molecule has 2 rings (SSSR count). The molecule has 2 aromatic carbocycles. The minimum Gasteiger partial charge on any atom is -0.341 e. The maximum atomic E-state index is 2.48. The first-order valence-electron chi connectivity index (χ1n) is 8.27. The van der Waals surface area contributed by atoms with E-state index in [2.05, 4.69) is 73.3 Å². The summed E-state index contributed by atoms with van der Waals surface area (Å²) in [4.78, 5) is 2.48. The van der Waals surface area contributed by atoms with Gasteiger partial charge < -0.3 is 4.90 Å². The molecule has 0 atom stereocenters. The lowest BCUT2D eigenvalue weighted by molar-refractivity contribution is 0.769. The molecule has 0 saturated carbocycles. The van der Waals surface area contributed by atoms with Crippen LogP contribution in [0.2, 0.25) is 0 Å². The molecule has 1 heteroatoms. The van der Waals surface area contributed by atoms with Gasteiger partial charge in [0, 0.05) is 17.9 Å². The molecule has 0 aromatic heterocycles. The van der Waals surface area contributed by atoms with Gasteiger partial charge in [0.25, 0.3) is 0 Å². The normalized spacial score (nSPS) is 10.6. The molecule has 2 aromatic rings. The summed E-state index contributed by atoms with van der Waals surface area (Å²) in [6.07, 6.45) is 6.11. The second-order valence-electron chi connectivity index (χ2n) is 5.57. The van der Waals surface area contributed by atoms with Crippen LogP contribution in [0.1, 0.15) is 45.1 Å². The first kappa shape index (κ1) is 15.6. The van der Waals surface area contributed by atoms with Crippen LogP contribution in [0.3, 0.4) is 0 Å². The Labute approximate surface area is 129 Å². The summed E-state index contributed by atoms with van der Waals surface area (Å²) in [5.41, 5.74) is 4.15. The van der Waals surface area contributed by atoms with Crippen LogP contribution in [0.4, 0.5) is 11.4 Å². The van der Waals surface area contributed by atoms with Crippen molar-refractivity contribution >= 4 is 11.4 Å². The summed E-state index contributed by atoms with van der Waals surface area (Å²) < 4.78 is 0. The Balaban J connectivity index is 2.32. The third-order valence-electron chi connectivity index (χ3n) is 3.89. The first-order valence-corrected chi connectivity index (χ1v) is 8.27. The number of nitrogens with zero attached hydrogens (tertiary/aromatic N) is 1. The Morgan fingerprint density at radius 1 is 0.762 bits per heavy atom. The van der Waals surface area contributed by atoms with E-state index >= 15 is 0 Å². The highest BCUT2D eigenvalue weighted by Crippen LogP contribution is 2.29. The minimum absolute atomic E-state index is 1.09. The standard InChI is InChI=1S/C20H27N/c1-3-5-12-18-13-10-11-16-20(18)21(17-6-4-2)19-14-8-7-9-15-19/h7-11,13-16H,3-6,12,17H2,1-2H3. The van der Waals surface area contributed by atoms with Gasteiger partial charge in [-0.1, -0.05) is 63.1 Å². The van der Waals surface area contributed by atoms with Gasteiger partial charge in [0.05, 0.1) is 0 Å². The van der Waals surface area contributed by atoms with Crippen LogP contribution in [-0.2, 0) is 6.42 Å². The molecule has 21 heavy (non-hydrogen) atoms. The predicted molar refractivity (Wildman–Crippen MR) is 93.4 cm³/mol. The maximum Gasteiger partial charge on any atom is 0.0443 e. The zero-order valence-electron chi connectivity index (χ0n) is 13.4. The number of hydrogen-bond donors (Lipinski definition) is 0. The van der Waals surface area contributed by atoms with Crippen LogP contribution in [0.15, 0.2) is 54.6 Å². The van der Waals surface area contributed by atoms with Crippen molar-refractivity contribution in [3.63, 3.8) is 0 Å². The summed E-state index contributed by atoms with van der Waals surface area (Å²) in [5, 5.41) is 0. The number of aryl methyl sites for hydroxylation is 1. The van der Waals surface area contributed by atoms with Gasteiger partial charge in [-0.15, -0.1) is 0 Å². The Morgan fingerprint density at radius 2 is 1.43 bits per heavy atom. The molecular formula is C20H27N. The molecule has 0 aliphatic carbocycles. The van der Waals surface area contributed by atoms with Gasteiger partial charge in [0.15, 0.2) is 0 Å². The van der Waals surface area contributed by atoms with Gasteiger partial charge >= 0.3 is 0 Å². The van der Waals surface area contributed by atoms with E-state index in [1.165, 1.54) is 49.0 Å². The maximum absolute atomic E-state index is 2.48.